The first kappa shape index (κ1) is 9.06. The van der Waals surface area contributed by atoms with Gasteiger partial charge < -0.3 is 5.11 Å². The summed E-state index contributed by atoms with van der Waals surface area (Å²) < 4.78 is 0.816. The van der Waals surface area contributed by atoms with Gasteiger partial charge in [-0.1, -0.05) is 60.5 Å². The van der Waals surface area contributed by atoms with Gasteiger partial charge in [-0.2, -0.15) is 0 Å². The molecule has 0 spiro atoms. The average molecular weight is 380 g/mol. The molecule has 0 saturated heterocycles. The van der Waals surface area contributed by atoms with Crippen molar-refractivity contribution in [3.05, 3.63) is 22.4 Å². The molecule has 0 aromatic heterocycles. The van der Waals surface area contributed by atoms with Crippen LogP contribution in [0.4, 0.5) is 0 Å². The summed E-state index contributed by atoms with van der Waals surface area (Å²) in [5, 5.41) is 9.13. The molecule has 0 radical (unpaired) electrons. The van der Waals surface area contributed by atoms with Gasteiger partial charge in [0, 0.05) is 10.9 Å². The lowest BCUT2D eigenvalue weighted by molar-refractivity contribution is 0.425. The van der Waals surface area contributed by atoms with Crippen molar-refractivity contribution >= 4 is 54.5 Å². The van der Waals surface area contributed by atoms with Crippen molar-refractivity contribution in [2.75, 3.05) is 0 Å². The standard InChI is InChI=1S/C6H5Br2IO/c7-4-3-6(8,9)2-1-5(4)10/h1-2,10H,3H2. The van der Waals surface area contributed by atoms with Crippen molar-refractivity contribution in [1.82, 2.24) is 0 Å². The van der Waals surface area contributed by atoms with Crippen molar-refractivity contribution in [1.29, 1.82) is 0 Å². The summed E-state index contributed by atoms with van der Waals surface area (Å²) >= 11 is 9.03. The van der Waals surface area contributed by atoms with Crippen LogP contribution in [0.2, 0.25) is 0 Å². The Balaban J connectivity index is 2.85. The van der Waals surface area contributed by atoms with Gasteiger partial charge in [0.15, 0.2) is 0 Å². The normalized spacial score (nSPS) is 33.1. The van der Waals surface area contributed by atoms with Gasteiger partial charge in [-0.3, -0.25) is 0 Å². The van der Waals surface area contributed by atoms with Gasteiger partial charge in [-0.05, 0) is 6.08 Å². The Morgan fingerprint density at radius 3 is 2.70 bits per heavy atom. The predicted octanol–water partition coefficient (Wildman–Crippen LogP) is 3.64. The van der Waals surface area contributed by atoms with Crippen molar-refractivity contribution in [3.8, 4) is 0 Å². The van der Waals surface area contributed by atoms with Gasteiger partial charge in [-0.15, -0.1) is 0 Å². The molecule has 0 heterocycles. The molecule has 0 saturated carbocycles. The third-order valence-electron chi connectivity index (χ3n) is 1.15. The zero-order chi connectivity index (χ0) is 7.78. The number of alkyl halides is 2. The summed E-state index contributed by atoms with van der Waals surface area (Å²) in [5.41, 5.74) is 0. The number of aliphatic hydroxyl groups excluding tert-OH is 1. The van der Waals surface area contributed by atoms with E-state index in [1.807, 2.05) is 6.08 Å². The molecule has 56 valence electrons. The van der Waals surface area contributed by atoms with Crippen LogP contribution in [0.1, 0.15) is 6.42 Å². The first-order chi connectivity index (χ1) is 4.51. The number of rotatable bonds is 0. The van der Waals surface area contributed by atoms with E-state index in [1.54, 1.807) is 6.08 Å². The molecule has 0 aromatic carbocycles. The maximum absolute atomic E-state index is 9.13. The second-order valence-corrected chi connectivity index (χ2v) is 7.84. The number of halogens is 3. The fourth-order valence-electron chi connectivity index (χ4n) is 0.648. The van der Waals surface area contributed by atoms with E-state index >= 15 is 0 Å². The maximum atomic E-state index is 9.13. The molecule has 1 N–H and O–H groups in total. The van der Waals surface area contributed by atoms with Crippen molar-refractivity contribution in [2.24, 2.45) is 0 Å². The van der Waals surface area contributed by atoms with E-state index in [9.17, 15) is 0 Å². The van der Waals surface area contributed by atoms with Crippen LogP contribution < -0.4 is 0 Å². The Bertz CT molecular complexity index is 208. The minimum atomic E-state index is -0.0319. The van der Waals surface area contributed by atoms with Crippen LogP contribution in [0.25, 0.3) is 0 Å². The van der Waals surface area contributed by atoms with Crippen LogP contribution in [0, 0.1) is 0 Å². The molecule has 1 atom stereocenters. The van der Waals surface area contributed by atoms with Gasteiger partial charge in [0.1, 0.15) is 5.76 Å². The highest BCUT2D eigenvalue weighted by molar-refractivity contribution is 14.1. The van der Waals surface area contributed by atoms with Crippen molar-refractivity contribution in [2.45, 2.75) is 8.75 Å². The average Bonchev–Trinajstić information content (AvgIpc) is 1.79. The van der Waals surface area contributed by atoms with E-state index in [0.29, 0.717) is 5.76 Å². The minimum Gasteiger partial charge on any atom is -0.507 e. The largest absolute Gasteiger partial charge is 0.507 e. The predicted molar refractivity (Wildman–Crippen MR) is 58.0 cm³/mol. The number of allylic oxidation sites excluding steroid dienone is 3. The van der Waals surface area contributed by atoms with Gasteiger partial charge in [0.2, 0.25) is 0 Å². The summed E-state index contributed by atoms with van der Waals surface area (Å²) in [4.78, 5) is 0. The van der Waals surface area contributed by atoms with Crippen LogP contribution >= 0.6 is 54.5 Å². The lowest BCUT2D eigenvalue weighted by Gasteiger charge is -2.19. The highest BCUT2D eigenvalue weighted by Crippen LogP contribution is 2.40. The molecule has 0 aromatic rings. The molecule has 1 aliphatic rings. The van der Waals surface area contributed by atoms with E-state index in [1.165, 1.54) is 0 Å². The molecule has 0 amide bonds. The summed E-state index contributed by atoms with van der Waals surface area (Å²) in [7, 11) is 0. The number of hydrogen-bond donors (Lipinski definition) is 1. The topological polar surface area (TPSA) is 20.2 Å². The molecule has 1 unspecified atom stereocenters. The third kappa shape index (κ3) is 2.23. The first-order valence-electron chi connectivity index (χ1n) is 2.66. The van der Waals surface area contributed by atoms with Gasteiger partial charge in [0.05, 0.1) is 2.33 Å². The molecule has 10 heavy (non-hydrogen) atoms. The van der Waals surface area contributed by atoms with Crippen molar-refractivity contribution < 1.29 is 5.11 Å². The second kappa shape index (κ2) is 3.15. The number of hydrogen-bond acceptors (Lipinski definition) is 1. The molecular weight excluding hydrogens is 375 g/mol. The van der Waals surface area contributed by atoms with Gasteiger partial charge in [-0.25, -0.2) is 0 Å². The molecule has 4 heteroatoms. The minimum absolute atomic E-state index is 0.0319. The van der Waals surface area contributed by atoms with Crippen LogP contribution in [0.5, 0.6) is 0 Å². The molecule has 0 fully saturated rings. The molecule has 1 nitrogen and oxygen atoms in total. The monoisotopic (exact) mass is 378 g/mol. The second-order valence-electron chi connectivity index (χ2n) is 2.06. The molecule has 0 aliphatic heterocycles. The smallest absolute Gasteiger partial charge is 0.125 e. The van der Waals surface area contributed by atoms with E-state index in [0.717, 1.165) is 10.9 Å². The van der Waals surface area contributed by atoms with E-state index < -0.39 is 0 Å². The molecule has 1 rings (SSSR count). The lowest BCUT2D eigenvalue weighted by atomic mass is 10.2. The third-order valence-corrected chi connectivity index (χ3v) is 3.13. The zero-order valence-electron chi connectivity index (χ0n) is 4.94. The molecule has 0 bridgehead atoms. The Kier molecular flexibility index (Phi) is 2.85. The first-order valence-corrected chi connectivity index (χ1v) is 5.32. The summed E-state index contributed by atoms with van der Waals surface area (Å²) in [6.45, 7) is 0. The fourth-order valence-corrected chi connectivity index (χ4v) is 3.10. The van der Waals surface area contributed by atoms with E-state index in [4.69, 9.17) is 5.11 Å². The summed E-state index contributed by atoms with van der Waals surface area (Å²) in [5.74, 6) is 0.326. The van der Waals surface area contributed by atoms with Crippen LogP contribution in [-0.2, 0) is 0 Å². The molecular formula is C6H5Br2IO. The van der Waals surface area contributed by atoms with Crippen molar-refractivity contribution in [3.63, 3.8) is 0 Å². The zero-order valence-corrected chi connectivity index (χ0v) is 10.3. The Labute approximate surface area is 90.0 Å². The Morgan fingerprint density at radius 2 is 2.30 bits per heavy atom. The lowest BCUT2D eigenvalue weighted by Crippen LogP contribution is -2.10. The van der Waals surface area contributed by atoms with Gasteiger partial charge >= 0.3 is 0 Å². The summed E-state index contributed by atoms with van der Waals surface area (Å²) in [6.07, 6.45) is 4.40. The molecule has 1 aliphatic carbocycles. The highest BCUT2D eigenvalue weighted by Gasteiger charge is 2.24. The van der Waals surface area contributed by atoms with E-state index in [2.05, 4.69) is 54.5 Å². The Hall–Kier alpha value is 0.970. The van der Waals surface area contributed by atoms with Crippen LogP contribution in [0.3, 0.4) is 0 Å². The SMILES string of the molecule is OC1=C(Br)CC(Br)(I)C=C1. The van der Waals surface area contributed by atoms with Gasteiger partial charge in [0.25, 0.3) is 0 Å². The number of aliphatic hydroxyl groups is 1. The van der Waals surface area contributed by atoms with Crippen LogP contribution in [-0.4, -0.2) is 7.44 Å². The highest BCUT2D eigenvalue weighted by atomic mass is 127. The fraction of sp³-hybridized carbons (Fsp3) is 0.333. The van der Waals surface area contributed by atoms with E-state index in [-0.39, 0.29) is 2.33 Å². The van der Waals surface area contributed by atoms with Crippen LogP contribution in [0.15, 0.2) is 22.4 Å². The Morgan fingerprint density at radius 1 is 1.70 bits per heavy atom. The summed E-state index contributed by atoms with van der Waals surface area (Å²) in [6, 6.07) is 0. The quantitative estimate of drug-likeness (QED) is 0.503. The maximum Gasteiger partial charge on any atom is 0.125 e.